The lowest BCUT2D eigenvalue weighted by Crippen LogP contribution is -2.38. The number of rotatable bonds is 6. The standard InChI is InChI=1S/C12H20N4O2/c1-3-8(6-18-2)14-12(17)11-9(13)10(15-16-11)7-4-5-7/h7-8H,3-6,13H2,1-2H3,(H,14,17)(H,15,16). The largest absolute Gasteiger partial charge is 0.395 e. The minimum Gasteiger partial charge on any atom is -0.395 e. The Morgan fingerprint density at radius 1 is 1.67 bits per heavy atom. The van der Waals surface area contributed by atoms with Crippen LogP contribution in [0.2, 0.25) is 0 Å². The second kappa shape index (κ2) is 5.39. The smallest absolute Gasteiger partial charge is 0.274 e. The van der Waals surface area contributed by atoms with Crippen LogP contribution in [0.3, 0.4) is 0 Å². The van der Waals surface area contributed by atoms with Gasteiger partial charge in [0.05, 0.1) is 24.0 Å². The van der Waals surface area contributed by atoms with Gasteiger partial charge < -0.3 is 15.8 Å². The predicted molar refractivity (Wildman–Crippen MR) is 68.4 cm³/mol. The first kappa shape index (κ1) is 12.9. The molecule has 1 aliphatic carbocycles. The zero-order valence-electron chi connectivity index (χ0n) is 10.8. The summed E-state index contributed by atoms with van der Waals surface area (Å²) in [6.45, 7) is 2.48. The van der Waals surface area contributed by atoms with E-state index in [2.05, 4.69) is 15.5 Å². The number of H-pyrrole nitrogens is 1. The summed E-state index contributed by atoms with van der Waals surface area (Å²) in [7, 11) is 1.61. The number of anilines is 1. The fourth-order valence-electron chi connectivity index (χ4n) is 1.94. The van der Waals surface area contributed by atoms with Gasteiger partial charge in [0.25, 0.3) is 5.91 Å². The molecule has 6 heteroatoms. The van der Waals surface area contributed by atoms with Crippen LogP contribution < -0.4 is 11.1 Å². The van der Waals surface area contributed by atoms with Crippen molar-refractivity contribution >= 4 is 11.6 Å². The van der Waals surface area contributed by atoms with Gasteiger partial charge in [-0.15, -0.1) is 0 Å². The van der Waals surface area contributed by atoms with Crippen LogP contribution in [0.5, 0.6) is 0 Å². The highest BCUT2D eigenvalue weighted by Crippen LogP contribution is 2.42. The highest BCUT2D eigenvalue weighted by Gasteiger charge is 2.30. The number of aromatic amines is 1. The minimum absolute atomic E-state index is 0.0111. The van der Waals surface area contributed by atoms with Crippen molar-refractivity contribution in [2.75, 3.05) is 19.5 Å². The number of carbonyl (C=O) groups excluding carboxylic acids is 1. The van der Waals surface area contributed by atoms with E-state index in [9.17, 15) is 4.79 Å². The minimum atomic E-state index is -0.237. The van der Waals surface area contributed by atoms with Gasteiger partial charge in [0.2, 0.25) is 0 Å². The van der Waals surface area contributed by atoms with E-state index in [1.165, 1.54) is 0 Å². The Bertz CT molecular complexity index is 426. The van der Waals surface area contributed by atoms with Gasteiger partial charge in [-0.25, -0.2) is 0 Å². The number of nitrogens with one attached hydrogen (secondary N) is 2. The Kier molecular flexibility index (Phi) is 3.86. The second-order valence-electron chi connectivity index (χ2n) is 4.71. The summed E-state index contributed by atoms with van der Waals surface area (Å²) >= 11 is 0. The van der Waals surface area contributed by atoms with Gasteiger partial charge in [-0.3, -0.25) is 9.89 Å². The molecule has 0 aliphatic heterocycles. The molecule has 1 unspecified atom stereocenters. The third-order valence-electron chi connectivity index (χ3n) is 3.23. The SMILES string of the molecule is CCC(COC)NC(=O)c1n[nH]c(C2CC2)c1N. The van der Waals surface area contributed by atoms with Crippen molar-refractivity contribution < 1.29 is 9.53 Å². The average molecular weight is 252 g/mol. The fourth-order valence-corrected chi connectivity index (χ4v) is 1.94. The second-order valence-corrected chi connectivity index (χ2v) is 4.71. The summed E-state index contributed by atoms with van der Waals surface area (Å²) in [5, 5.41) is 9.77. The molecule has 18 heavy (non-hydrogen) atoms. The molecule has 1 saturated carbocycles. The number of ether oxygens (including phenoxy) is 1. The normalized spacial score (nSPS) is 16.6. The van der Waals surface area contributed by atoms with Crippen molar-refractivity contribution in [3.63, 3.8) is 0 Å². The lowest BCUT2D eigenvalue weighted by Gasteiger charge is -2.15. The molecule has 1 aromatic heterocycles. The molecule has 0 radical (unpaired) electrons. The molecule has 1 aromatic rings. The van der Waals surface area contributed by atoms with Crippen molar-refractivity contribution in [3.05, 3.63) is 11.4 Å². The zero-order valence-corrected chi connectivity index (χ0v) is 10.8. The third-order valence-corrected chi connectivity index (χ3v) is 3.23. The Hall–Kier alpha value is -1.56. The van der Waals surface area contributed by atoms with Gasteiger partial charge in [-0.2, -0.15) is 5.10 Å². The maximum atomic E-state index is 12.0. The van der Waals surface area contributed by atoms with Gasteiger partial charge in [-0.05, 0) is 19.3 Å². The molecule has 2 rings (SSSR count). The molecule has 0 aromatic carbocycles. The lowest BCUT2D eigenvalue weighted by molar-refractivity contribution is 0.0890. The van der Waals surface area contributed by atoms with Crippen molar-refractivity contribution in [1.29, 1.82) is 0 Å². The molecule has 0 spiro atoms. The van der Waals surface area contributed by atoms with Crippen LogP contribution in [-0.2, 0) is 4.74 Å². The maximum absolute atomic E-state index is 12.0. The van der Waals surface area contributed by atoms with E-state index in [0.29, 0.717) is 23.9 Å². The van der Waals surface area contributed by atoms with E-state index in [1.54, 1.807) is 7.11 Å². The number of nitrogens with two attached hydrogens (primary N) is 1. The van der Waals surface area contributed by atoms with E-state index in [0.717, 1.165) is 25.0 Å². The van der Waals surface area contributed by atoms with E-state index in [1.807, 2.05) is 6.92 Å². The van der Waals surface area contributed by atoms with Crippen LogP contribution in [0.1, 0.15) is 48.3 Å². The number of aromatic nitrogens is 2. The first-order valence-corrected chi connectivity index (χ1v) is 6.30. The predicted octanol–water partition coefficient (Wildman–Crippen LogP) is 1.02. The van der Waals surface area contributed by atoms with E-state index in [4.69, 9.17) is 10.5 Å². The quantitative estimate of drug-likeness (QED) is 0.704. The van der Waals surface area contributed by atoms with Crippen LogP contribution in [0.4, 0.5) is 5.69 Å². The number of nitrogens with zero attached hydrogens (tertiary/aromatic N) is 1. The number of hydrogen-bond acceptors (Lipinski definition) is 4. The Balaban J connectivity index is 2.04. The highest BCUT2D eigenvalue weighted by atomic mass is 16.5. The van der Waals surface area contributed by atoms with Gasteiger partial charge in [0.1, 0.15) is 0 Å². The van der Waals surface area contributed by atoms with Crippen LogP contribution in [0, 0.1) is 0 Å². The van der Waals surface area contributed by atoms with Gasteiger partial charge in [0.15, 0.2) is 5.69 Å². The zero-order chi connectivity index (χ0) is 13.1. The number of carbonyl (C=O) groups is 1. The molecule has 1 aliphatic rings. The van der Waals surface area contributed by atoms with E-state index < -0.39 is 0 Å². The van der Waals surface area contributed by atoms with Crippen LogP contribution in [0.15, 0.2) is 0 Å². The number of amides is 1. The van der Waals surface area contributed by atoms with Crippen LogP contribution in [-0.4, -0.2) is 35.9 Å². The van der Waals surface area contributed by atoms with Crippen LogP contribution in [0.25, 0.3) is 0 Å². The Labute approximate surface area is 106 Å². The molecule has 1 amide bonds. The van der Waals surface area contributed by atoms with Crippen molar-refractivity contribution in [2.45, 2.75) is 38.1 Å². The average Bonchev–Trinajstić information content (AvgIpc) is 3.12. The summed E-state index contributed by atoms with van der Waals surface area (Å²) in [5.74, 6) is 0.222. The molecular weight excluding hydrogens is 232 g/mol. The molecular formula is C12H20N4O2. The highest BCUT2D eigenvalue weighted by molar-refractivity contribution is 5.97. The monoisotopic (exact) mass is 252 g/mol. The molecule has 0 saturated heterocycles. The summed E-state index contributed by atoms with van der Waals surface area (Å²) in [6.07, 6.45) is 3.04. The molecule has 6 nitrogen and oxygen atoms in total. The third kappa shape index (κ3) is 2.64. The molecule has 0 bridgehead atoms. The Morgan fingerprint density at radius 2 is 2.39 bits per heavy atom. The van der Waals surface area contributed by atoms with Gasteiger partial charge in [0, 0.05) is 13.0 Å². The lowest BCUT2D eigenvalue weighted by atomic mass is 10.2. The number of nitrogen functional groups attached to an aromatic ring is 1. The summed E-state index contributed by atoms with van der Waals surface area (Å²) in [4.78, 5) is 12.0. The molecule has 1 heterocycles. The van der Waals surface area contributed by atoms with Crippen molar-refractivity contribution in [1.82, 2.24) is 15.5 Å². The molecule has 1 atom stereocenters. The number of hydrogen-bond donors (Lipinski definition) is 3. The van der Waals surface area contributed by atoms with Crippen molar-refractivity contribution in [2.24, 2.45) is 0 Å². The summed E-state index contributed by atoms with van der Waals surface area (Å²) < 4.78 is 5.04. The Morgan fingerprint density at radius 3 is 2.94 bits per heavy atom. The summed E-state index contributed by atoms with van der Waals surface area (Å²) in [6, 6.07) is -0.0111. The first-order valence-electron chi connectivity index (χ1n) is 6.30. The topological polar surface area (TPSA) is 93.0 Å². The number of methoxy groups -OCH3 is 1. The maximum Gasteiger partial charge on any atom is 0.274 e. The molecule has 4 N–H and O–H groups in total. The van der Waals surface area contributed by atoms with Gasteiger partial charge >= 0.3 is 0 Å². The summed E-state index contributed by atoms with van der Waals surface area (Å²) in [5.41, 5.74) is 7.64. The van der Waals surface area contributed by atoms with E-state index >= 15 is 0 Å². The van der Waals surface area contributed by atoms with Crippen LogP contribution >= 0.6 is 0 Å². The first-order chi connectivity index (χ1) is 8.67. The molecule has 100 valence electrons. The fraction of sp³-hybridized carbons (Fsp3) is 0.667. The molecule has 1 fully saturated rings. The van der Waals surface area contributed by atoms with Gasteiger partial charge in [-0.1, -0.05) is 6.92 Å². The van der Waals surface area contributed by atoms with Crippen molar-refractivity contribution in [3.8, 4) is 0 Å². The van der Waals surface area contributed by atoms with E-state index in [-0.39, 0.29) is 11.9 Å².